The number of cyclic esters (lactones) is 1. The van der Waals surface area contributed by atoms with E-state index in [1.165, 1.54) is 5.57 Å². The van der Waals surface area contributed by atoms with Crippen molar-refractivity contribution in [3.8, 4) is 0 Å². The molecule has 1 heterocycles. The molecule has 0 radical (unpaired) electrons. The highest BCUT2D eigenvalue weighted by molar-refractivity contribution is 5.88. The van der Waals surface area contributed by atoms with Crippen molar-refractivity contribution >= 4 is 5.97 Å². The molecule has 156 valence electrons. The highest BCUT2D eigenvalue weighted by Gasteiger charge is 2.20. The van der Waals surface area contributed by atoms with Crippen molar-refractivity contribution < 1.29 is 19.7 Å². The maximum absolute atomic E-state index is 12.5. The smallest absolute Gasteiger partial charge is 0.334 e. The minimum absolute atomic E-state index is 0.409. The topological polar surface area (TPSA) is 66.8 Å². The summed E-state index contributed by atoms with van der Waals surface area (Å²) in [4.78, 5) is 12.5. The first kappa shape index (κ1) is 24.1. The van der Waals surface area contributed by atoms with Crippen molar-refractivity contribution in [2.24, 2.45) is 0 Å². The number of carbonyl (C=O) groups is 1. The van der Waals surface area contributed by atoms with E-state index in [-0.39, 0.29) is 0 Å². The molecule has 0 aromatic rings. The van der Waals surface area contributed by atoms with E-state index in [2.05, 4.69) is 19.1 Å². The number of aliphatic hydroxyl groups excluding tert-OH is 2. The van der Waals surface area contributed by atoms with Gasteiger partial charge in [-0.15, -0.1) is 0 Å². The van der Waals surface area contributed by atoms with Gasteiger partial charge in [0.25, 0.3) is 0 Å². The van der Waals surface area contributed by atoms with Crippen LogP contribution in [0, 0.1) is 0 Å². The lowest BCUT2D eigenvalue weighted by atomic mass is 10.0. The van der Waals surface area contributed by atoms with E-state index in [4.69, 9.17) is 4.74 Å². The Kier molecular flexibility index (Phi) is 10.8. The van der Waals surface area contributed by atoms with Gasteiger partial charge in [-0.05, 0) is 59.0 Å². The molecule has 1 aliphatic heterocycles. The number of ether oxygens (including phenoxy) is 1. The Morgan fingerprint density at radius 3 is 2.57 bits per heavy atom. The van der Waals surface area contributed by atoms with Gasteiger partial charge in [-0.1, -0.05) is 54.5 Å². The van der Waals surface area contributed by atoms with Crippen molar-refractivity contribution in [1.82, 2.24) is 0 Å². The third-order valence-electron chi connectivity index (χ3n) is 4.91. The molecule has 1 rings (SSSR count). The average Bonchev–Trinajstić information content (AvgIpc) is 2.63. The summed E-state index contributed by atoms with van der Waals surface area (Å²) in [7, 11) is 0. The molecule has 0 amide bonds. The van der Waals surface area contributed by atoms with Crippen LogP contribution in [0.1, 0.15) is 66.7 Å². The summed E-state index contributed by atoms with van der Waals surface area (Å²) in [6.07, 6.45) is 13.0. The molecule has 4 heteroatoms. The third kappa shape index (κ3) is 8.85. The fraction of sp³-hybridized carbons (Fsp3) is 0.542. The fourth-order valence-electron chi connectivity index (χ4n) is 2.95. The van der Waals surface area contributed by atoms with Gasteiger partial charge in [0.2, 0.25) is 0 Å². The van der Waals surface area contributed by atoms with Crippen LogP contribution in [0.15, 0.2) is 58.7 Å². The van der Waals surface area contributed by atoms with Crippen LogP contribution in [-0.2, 0) is 9.53 Å². The molecule has 0 spiro atoms. The monoisotopic (exact) mass is 388 g/mol. The van der Waals surface area contributed by atoms with E-state index in [9.17, 15) is 15.0 Å². The number of aliphatic hydroxyl groups is 2. The zero-order valence-electron chi connectivity index (χ0n) is 17.9. The van der Waals surface area contributed by atoms with Crippen LogP contribution in [0.5, 0.6) is 0 Å². The van der Waals surface area contributed by atoms with Crippen molar-refractivity contribution in [3.05, 3.63) is 58.7 Å². The lowest BCUT2D eigenvalue weighted by molar-refractivity contribution is -0.149. The fourth-order valence-corrected chi connectivity index (χ4v) is 2.95. The molecule has 0 fully saturated rings. The summed E-state index contributed by atoms with van der Waals surface area (Å²) in [6.45, 7) is 9.57. The second kappa shape index (κ2) is 12.5. The first-order valence-electron chi connectivity index (χ1n) is 10.2. The van der Waals surface area contributed by atoms with Crippen LogP contribution >= 0.6 is 0 Å². The largest absolute Gasteiger partial charge is 0.456 e. The molecule has 3 atom stereocenters. The molecule has 0 aromatic carbocycles. The van der Waals surface area contributed by atoms with Gasteiger partial charge in [-0.25, -0.2) is 4.79 Å². The van der Waals surface area contributed by atoms with E-state index in [1.54, 1.807) is 19.1 Å². The van der Waals surface area contributed by atoms with Crippen molar-refractivity contribution in [2.45, 2.75) is 85.0 Å². The van der Waals surface area contributed by atoms with Gasteiger partial charge in [0.1, 0.15) is 6.10 Å². The molecular formula is C24H36O4. The normalized spacial score (nSPS) is 33.3. The first-order chi connectivity index (χ1) is 13.2. The molecule has 0 saturated heterocycles. The quantitative estimate of drug-likeness (QED) is 0.519. The summed E-state index contributed by atoms with van der Waals surface area (Å²) < 4.78 is 5.56. The average molecular weight is 389 g/mol. The second-order valence-electron chi connectivity index (χ2n) is 7.57. The van der Waals surface area contributed by atoms with Gasteiger partial charge < -0.3 is 14.9 Å². The molecule has 2 N–H and O–H groups in total. The van der Waals surface area contributed by atoms with E-state index in [1.807, 2.05) is 32.9 Å². The number of allylic oxidation sites excluding steroid dienone is 6. The Hall–Kier alpha value is -1.91. The van der Waals surface area contributed by atoms with Gasteiger partial charge in [0.15, 0.2) is 0 Å². The number of hydrogen-bond acceptors (Lipinski definition) is 4. The molecule has 0 aromatic heterocycles. The predicted octanol–water partition coefficient (Wildman–Crippen LogP) is 4.95. The second-order valence-corrected chi connectivity index (χ2v) is 7.57. The van der Waals surface area contributed by atoms with Gasteiger partial charge in [-0.2, -0.15) is 0 Å². The lowest BCUT2D eigenvalue weighted by Gasteiger charge is -2.20. The molecule has 28 heavy (non-hydrogen) atoms. The van der Waals surface area contributed by atoms with Crippen molar-refractivity contribution in [3.63, 3.8) is 0 Å². The zero-order chi connectivity index (χ0) is 21.1. The van der Waals surface area contributed by atoms with Crippen LogP contribution in [0.25, 0.3) is 0 Å². The van der Waals surface area contributed by atoms with E-state index in [0.717, 1.165) is 24.0 Å². The minimum Gasteiger partial charge on any atom is -0.456 e. The molecule has 0 aliphatic carbocycles. The van der Waals surface area contributed by atoms with Gasteiger partial charge >= 0.3 is 5.97 Å². The Labute approximate surface area is 170 Å². The SMILES string of the molecule is CC/C1=C\C=C/C[C@H](O)/C(C)=C\CC/C(C)=C\C(C)=C\C[C@@H]([C@@H](C)O)OC1=O. The summed E-state index contributed by atoms with van der Waals surface area (Å²) in [6, 6.07) is 0. The highest BCUT2D eigenvalue weighted by atomic mass is 16.6. The molecule has 0 saturated carbocycles. The molecule has 0 unspecified atom stereocenters. The van der Waals surface area contributed by atoms with Crippen LogP contribution < -0.4 is 0 Å². The standard InChI is InChI=1S/C24H36O4/c1-6-21-12-7-8-13-22(26)19(4)11-9-10-17(2)16-18(3)14-15-23(20(5)25)28-24(21)27/h7-8,11-12,14,16,20,22-23,25-26H,6,9-10,13,15H2,1-5H3/b8-7-,17-16-,18-14+,19-11-,21-12+/t20-,22+,23+/m1/s1. The number of carbonyl (C=O) groups excluding carboxylic acids is 1. The zero-order valence-corrected chi connectivity index (χ0v) is 17.9. The predicted molar refractivity (Wildman–Crippen MR) is 115 cm³/mol. The van der Waals surface area contributed by atoms with Crippen molar-refractivity contribution in [2.75, 3.05) is 0 Å². The molecule has 1 aliphatic rings. The summed E-state index contributed by atoms with van der Waals surface area (Å²) in [5.41, 5.74) is 3.83. The Balaban J connectivity index is 3.13. The maximum atomic E-state index is 12.5. The van der Waals surface area contributed by atoms with Gasteiger partial charge in [-0.3, -0.25) is 0 Å². The Morgan fingerprint density at radius 1 is 1.21 bits per heavy atom. The van der Waals surface area contributed by atoms with E-state index >= 15 is 0 Å². The highest BCUT2D eigenvalue weighted by Crippen LogP contribution is 2.16. The first-order valence-corrected chi connectivity index (χ1v) is 10.2. The summed E-state index contributed by atoms with van der Waals surface area (Å²) in [5, 5.41) is 20.3. The van der Waals surface area contributed by atoms with Crippen LogP contribution in [0.3, 0.4) is 0 Å². The minimum atomic E-state index is -0.749. The lowest BCUT2D eigenvalue weighted by Crippen LogP contribution is -2.29. The Bertz CT molecular complexity index is 662. The maximum Gasteiger partial charge on any atom is 0.334 e. The van der Waals surface area contributed by atoms with Crippen molar-refractivity contribution in [1.29, 1.82) is 0 Å². The summed E-state index contributed by atoms with van der Waals surface area (Å²) >= 11 is 0. The van der Waals surface area contributed by atoms with Gasteiger partial charge in [0, 0.05) is 12.0 Å². The number of rotatable bonds is 2. The molecule has 4 nitrogen and oxygen atoms in total. The Morgan fingerprint density at radius 2 is 1.93 bits per heavy atom. The van der Waals surface area contributed by atoms with Crippen LogP contribution in [0.4, 0.5) is 0 Å². The van der Waals surface area contributed by atoms with Crippen LogP contribution in [0.2, 0.25) is 0 Å². The summed E-state index contributed by atoms with van der Waals surface area (Å²) in [5.74, 6) is -0.409. The van der Waals surface area contributed by atoms with Crippen LogP contribution in [-0.4, -0.2) is 34.5 Å². The van der Waals surface area contributed by atoms with E-state index < -0.39 is 24.3 Å². The van der Waals surface area contributed by atoms with E-state index in [0.29, 0.717) is 24.8 Å². The number of esters is 1. The molecular weight excluding hydrogens is 352 g/mol. The molecule has 0 bridgehead atoms. The van der Waals surface area contributed by atoms with Gasteiger partial charge in [0.05, 0.1) is 12.2 Å². The number of hydrogen-bond donors (Lipinski definition) is 2. The third-order valence-corrected chi connectivity index (χ3v) is 4.91.